The Labute approximate surface area is 168 Å². The Hall–Kier alpha value is -3.33. The lowest BCUT2D eigenvalue weighted by Crippen LogP contribution is -2.30. The Morgan fingerprint density at radius 1 is 1.28 bits per heavy atom. The quantitative estimate of drug-likeness (QED) is 0.561. The molecule has 0 bridgehead atoms. The van der Waals surface area contributed by atoms with Crippen LogP contribution in [-0.4, -0.2) is 50.9 Å². The second-order valence-corrected chi connectivity index (χ2v) is 6.78. The summed E-state index contributed by atoms with van der Waals surface area (Å²) >= 11 is 0. The Morgan fingerprint density at radius 3 is 3.03 bits per heavy atom. The number of carbonyl (C=O) groups is 1. The SMILES string of the molecule is COCCNC(=O)Cn1cc(Nc2nc(-c3ccccn3)nc3c2CCC3)cn1. The van der Waals surface area contributed by atoms with Crippen LogP contribution in [0.25, 0.3) is 11.5 Å². The Kier molecular flexibility index (Phi) is 5.76. The van der Waals surface area contributed by atoms with Gasteiger partial charge in [0.2, 0.25) is 5.91 Å². The summed E-state index contributed by atoms with van der Waals surface area (Å²) in [5.41, 5.74) is 3.71. The van der Waals surface area contributed by atoms with E-state index >= 15 is 0 Å². The zero-order valence-electron chi connectivity index (χ0n) is 16.3. The number of methoxy groups -OCH3 is 1. The maximum Gasteiger partial charge on any atom is 0.241 e. The first-order valence-corrected chi connectivity index (χ1v) is 9.59. The molecule has 9 nitrogen and oxygen atoms in total. The summed E-state index contributed by atoms with van der Waals surface area (Å²) in [6, 6.07) is 5.70. The maximum absolute atomic E-state index is 11.9. The van der Waals surface area contributed by atoms with Crippen molar-refractivity contribution in [1.29, 1.82) is 0 Å². The van der Waals surface area contributed by atoms with E-state index in [1.807, 2.05) is 18.2 Å². The molecule has 1 amide bonds. The van der Waals surface area contributed by atoms with E-state index in [2.05, 4.69) is 20.7 Å². The van der Waals surface area contributed by atoms with Gasteiger partial charge in [0.05, 0.1) is 18.5 Å². The Bertz CT molecular complexity index is 988. The standard InChI is InChI=1S/C20H23N7O2/c1-29-10-9-22-18(28)13-27-12-14(11-23-27)24-19-15-5-4-7-16(15)25-20(26-19)17-6-2-3-8-21-17/h2-3,6,8,11-12H,4-5,7,9-10,13H2,1H3,(H,22,28)(H,24,25,26). The number of hydrogen-bond acceptors (Lipinski definition) is 7. The first-order valence-electron chi connectivity index (χ1n) is 9.59. The lowest BCUT2D eigenvalue weighted by atomic mass is 10.2. The zero-order chi connectivity index (χ0) is 20.1. The van der Waals surface area contributed by atoms with Crippen molar-refractivity contribution in [3.8, 4) is 11.5 Å². The minimum absolute atomic E-state index is 0.114. The molecule has 0 atom stereocenters. The minimum atomic E-state index is -0.114. The maximum atomic E-state index is 11.9. The molecule has 3 heterocycles. The van der Waals surface area contributed by atoms with E-state index in [0.717, 1.165) is 47.7 Å². The van der Waals surface area contributed by atoms with Crippen molar-refractivity contribution in [1.82, 2.24) is 30.0 Å². The number of ether oxygens (including phenoxy) is 1. The fourth-order valence-corrected chi connectivity index (χ4v) is 3.29. The van der Waals surface area contributed by atoms with Gasteiger partial charge in [0.15, 0.2) is 5.82 Å². The molecule has 150 valence electrons. The van der Waals surface area contributed by atoms with Crippen molar-refractivity contribution in [3.63, 3.8) is 0 Å². The molecule has 0 fully saturated rings. The van der Waals surface area contributed by atoms with Gasteiger partial charge in [-0.1, -0.05) is 6.07 Å². The summed E-state index contributed by atoms with van der Waals surface area (Å²) in [6.07, 6.45) is 8.15. The Balaban J connectivity index is 1.50. The predicted molar refractivity (Wildman–Crippen MR) is 108 cm³/mol. The van der Waals surface area contributed by atoms with Crippen LogP contribution in [0, 0.1) is 0 Å². The molecule has 0 saturated carbocycles. The number of carbonyl (C=O) groups excluding carboxylic acids is 1. The van der Waals surface area contributed by atoms with Gasteiger partial charge in [0.25, 0.3) is 0 Å². The number of pyridine rings is 1. The fraction of sp³-hybridized carbons (Fsp3) is 0.350. The first-order chi connectivity index (χ1) is 14.2. The van der Waals surface area contributed by atoms with Crippen LogP contribution in [0.15, 0.2) is 36.8 Å². The second-order valence-electron chi connectivity index (χ2n) is 6.78. The van der Waals surface area contributed by atoms with E-state index in [1.54, 1.807) is 30.4 Å². The van der Waals surface area contributed by atoms with Crippen LogP contribution in [0.5, 0.6) is 0 Å². The Morgan fingerprint density at radius 2 is 2.21 bits per heavy atom. The minimum Gasteiger partial charge on any atom is -0.383 e. The van der Waals surface area contributed by atoms with Gasteiger partial charge in [0, 0.05) is 37.3 Å². The number of amides is 1. The molecule has 29 heavy (non-hydrogen) atoms. The van der Waals surface area contributed by atoms with Gasteiger partial charge in [0.1, 0.15) is 18.1 Å². The lowest BCUT2D eigenvalue weighted by Gasteiger charge is -2.11. The molecule has 1 aliphatic rings. The summed E-state index contributed by atoms with van der Waals surface area (Å²) in [4.78, 5) is 25.7. The summed E-state index contributed by atoms with van der Waals surface area (Å²) in [5.74, 6) is 1.27. The van der Waals surface area contributed by atoms with E-state index in [0.29, 0.717) is 19.0 Å². The molecular weight excluding hydrogens is 370 g/mol. The van der Waals surface area contributed by atoms with Gasteiger partial charge < -0.3 is 15.4 Å². The molecule has 0 radical (unpaired) electrons. The van der Waals surface area contributed by atoms with Crippen molar-refractivity contribution in [2.24, 2.45) is 0 Å². The molecule has 3 aromatic heterocycles. The first kappa shape index (κ1) is 19.0. The number of fused-ring (bicyclic) bond motifs is 1. The van der Waals surface area contributed by atoms with Gasteiger partial charge >= 0.3 is 0 Å². The summed E-state index contributed by atoms with van der Waals surface area (Å²) in [5, 5.41) is 10.4. The number of aromatic nitrogens is 5. The molecule has 0 spiro atoms. The van der Waals surface area contributed by atoms with Crippen molar-refractivity contribution in [2.75, 3.05) is 25.6 Å². The third-order valence-corrected chi connectivity index (χ3v) is 4.66. The van der Waals surface area contributed by atoms with Crippen LogP contribution in [0.1, 0.15) is 17.7 Å². The average molecular weight is 393 g/mol. The van der Waals surface area contributed by atoms with Crippen LogP contribution < -0.4 is 10.6 Å². The van der Waals surface area contributed by atoms with Crippen LogP contribution in [0.2, 0.25) is 0 Å². The van der Waals surface area contributed by atoms with Crippen molar-refractivity contribution >= 4 is 17.4 Å². The van der Waals surface area contributed by atoms with E-state index in [1.165, 1.54) is 0 Å². The summed E-state index contributed by atoms with van der Waals surface area (Å²) in [7, 11) is 1.60. The monoisotopic (exact) mass is 393 g/mol. The molecule has 4 rings (SSSR count). The fourth-order valence-electron chi connectivity index (χ4n) is 3.29. The van der Waals surface area contributed by atoms with Crippen LogP contribution in [0.3, 0.4) is 0 Å². The highest BCUT2D eigenvalue weighted by atomic mass is 16.5. The predicted octanol–water partition coefficient (Wildman–Crippen LogP) is 1.73. The molecule has 0 aliphatic heterocycles. The third kappa shape index (κ3) is 4.57. The van der Waals surface area contributed by atoms with Crippen molar-refractivity contribution < 1.29 is 9.53 Å². The molecular formula is C20H23N7O2. The molecule has 3 aromatic rings. The second kappa shape index (κ2) is 8.78. The highest BCUT2D eigenvalue weighted by Crippen LogP contribution is 2.30. The van der Waals surface area contributed by atoms with Crippen LogP contribution >= 0.6 is 0 Å². The largest absolute Gasteiger partial charge is 0.383 e. The smallest absolute Gasteiger partial charge is 0.241 e. The lowest BCUT2D eigenvalue weighted by molar-refractivity contribution is -0.122. The number of anilines is 2. The van der Waals surface area contributed by atoms with Crippen LogP contribution in [0.4, 0.5) is 11.5 Å². The zero-order valence-corrected chi connectivity index (χ0v) is 16.3. The van der Waals surface area contributed by atoms with Crippen LogP contribution in [-0.2, 0) is 28.9 Å². The molecule has 0 unspecified atom stereocenters. The summed E-state index contributed by atoms with van der Waals surface area (Å²) < 4.78 is 6.52. The summed E-state index contributed by atoms with van der Waals surface area (Å²) in [6.45, 7) is 1.10. The topological polar surface area (TPSA) is 107 Å². The number of hydrogen-bond donors (Lipinski definition) is 2. The highest BCUT2D eigenvalue weighted by molar-refractivity contribution is 5.75. The molecule has 0 aromatic carbocycles. The van der Waals surface area contributed by atoms with Gasteiger partial charge in [-0.05, 0) is 31.4 Å². The molecule has 2 N–H and O–H groups in total. The molecule has 1 aliphatic carbocycles. The van der Waals surface area contributed by atoms with E-state index in [9.17, 15) is 4.79 Å². The third-order valence-electron chi connectivity index (χ3n) is 4.66. The van der Waals surface area contributed by atoms with Crippen molar-refractivity contribution in [2.45, 2.75) is 25.8 Å². The van der Waals surface area contributed by atoms with Gasteiger partial charge in [-0.15, -0.1) is 0 Å². The average Bonchev–Trinajstić information content (AvgIpc) is 3.38. The number of aryl methyl sites for hydroxylation is 1. The van der Waals surface area contributed by atoms with Crippen molar-refractivity contribution in [3.05, 3.63) is 48.0 Å². The molecule has 0 saturated heterocycles. The van der Waals surface area contributed by atoms with E-state index < -0.39 is 0 Å². The number of rotatable bonds is 8. The van der Waals surface area contributed by atoms with Gasteiger partial charge in [-0.2, -0.15) is 5.10 Å². The van der Waals surface area contributed by atoms with E-state index in [4.69, 9.17) is 14.7 Å². The van der Waals surface area contributed by atoms with Gasteiger partial charge in [-0.25, -0.2) is 9.97 Å². The normalized spacial score (nSPS) is 12.6. The number of nitrogens with zero attached hydrogens (tertiary/aromatic N) is 5. The molecule has 9 heteroatoms. The number of nitrogens with one attached hydrogen (secondary N) is 2. The van der Waals surface area contributed by atoms with E-state index in [-0.39, 0.29) is 12.5 Å². The highest BCUT2D eigenvalue weighted by Gasteiger charge is 2.20. The van der Waals surface area contributed by atoms with Gasteiger partial charge in [-0.3, -0.25) is 14.5 Å².